The highest BCUT2D eigenvalue weighted by atomic mass is 15.3. The first kappa shape index (κ1) is 10.0. The third-order valence-corrected chi connectivity index (χ3v) is 3.38. The summed E-state index contributed by atoms with van der Waals surface area (Å²) in [5.41, 5.74) is 0. The molecule has 72 valence electrons. The van der Waals surface area contributed by atoms with Crippen LogP contribution in [0.1, 0.15) is 34.6 Å². The highest BCUT2D eigenvalue weighted by Gasteiger charge is 2.32. The van der Waals surface area contributed by atoms with Gasteiger partial charge in [-0.3, -0.25) is 4.90 Å². The van der Waals surface area contributed by atoms with Crippen molar-refractivity contribution >= 4 is 0 Å². The van der Waals surface area contributed by atoms with E-state index in [2.05, 4.69) is 44.8 Å². The Morgan fingerprint density at radius 1 is 1.00 bits per heavy atom. The van der Waals surface area contributed by atoms with E-state index < -0.39 is 0 Å². The van der Waals surface area contributed by atoms with Gasteiger partial charge in [-0.05, 0) is 34.2 Å². The van der Waals surface area contributed by atoms with E-state index in [-0.39, 0.29) is 0 Å². The number of nitrogens with zero attached hydrogens (tertiary/aromatic N) is 1. The molecule has 1 saturated heterocycles. The molecule has 4 atom stereocenters. The zero-order valence-corrected chi connectivity index (χ0v) is 8.96. The van der Waals surface area contributed by atoms with Crippen LogP contribution in [0.5, 0.6) is 0 Å². The highest BCUT2D eigenvalue weighted by molar-refractivity contribution is 4.92. The molecule has 0 radical (unpaired) electrons. The number of hydrogen-bond donors (Lipinski definition) is 1. The van der Waals surface area contributed by atoms with Gasteiger partial charge < -0.3 is 5.32 Å². The van der Waals surface area contributed by atoms with Gasteiger partial charge in [0.25, 0.3) is 0 Å². The summed E-state index contributed by atoms with van der Waals surface area (Å²) in [7, 11) is 0. The van der Waals surface area contributed by atoms with Crippen molar-refractivity contribution in [1.82, 2.24) is 10.2 Å². The Morgan fingerprint density at radius 2 is 1.42 bits per heavy atom. The van der Waals surface area contributed by atoms with Gasteiger partial charge in [0.1, 0.15) is 0 Å². The van der Waals surface area contributed by atoms with Crippen molar-refractivity contribution in [1.29, 1.82) is 0 Å². The molecular weight excluding hydrogens is 148 g/mol. The van der Waals surface area contributed by atoms with Gasteiger partial charge in [0, 0.05) is 24.2 Å². The van der Waals surface area contributed by atoms with E-state index in [4.69, 9.17) is 0 Å². The Morgan fingerprint density at radius 3 is 1.75 bits per heavy atom. The van der Waals surface area contributed by atoms with Crippen molar-refractivity contribution in [2.75, 3.05) is 6.54 Å². The third-order valence-electron chi connectivity index (χ3n) is 3.38. The minimum atomic E-state index is 0.621. The summed E-state index contributed by atoms with van der Waals surface area (Å²) < 4.78 is 0. The summed E-state index contributed by atoms with van der Waals surface area (Å²) in [6.45, 7) is 12.6. The molecule has 0 spiro atoms. The molecule has 0 aliphatic carbocycles. The van der Waals surface area contributed by atoms with Crippen molar-refractivity contribution in [3.63, 3.8) is 0 Å². The number of likely N-dealkylation sites (N-methyl/N-ethyl adjacent to an activating group) is 1. The van der Waals surface area contributed by atoms with Crippen molar-refractivity contribution in [2.24, 2.45) is 0 Å². The lowest BCUT2D eigenvalue weighted by molar-refractivity contribution is 0.0642. The Labute approximate surface area is 76.3 Å². The molecule has 12 heavy (non-hydrogen) atoms. The quantitative estimate of drug-likeness (QED) is 0.641. The predicted molar refractivity (Wildman–Crippen MR) is 53.4 cm³/mol. The van der Waals surface area contributed by atoms with Crippen LogP contribution in [0, 0.1) is 0 Å². The smallest absolute Gasteiger partial charge is 0.0221 e. The summed E-state index contributed by atoms with van der Waals surface area (Å²) in [5.74, 6) is 0. The van der Waals surface area contributed by atoms with Crippen LogP contribution >= 0.6 is 0 Å². The number of nitrogens with one attached hydrogen (secondary N) is 1. The third kappa shape index (κ3) is 1.64. The molecule has 0 aromatic rings. The topological polar surface area (TPSA) is 15.3 Å². The molecule has 0 aromatic heterocycles. The molecule has 4 unspecified atom stereocenters. The monoisotopic (exact) mass is 170 g/mol. The summed E-state index contributed by atoms with van der Waals surface area (Å²) in [4.78, 5) is 2.58. The van der Waals surface area contributed by atoms with Crippen molar-refractivity contribution in [3.8, 4) is 0 Å². The summed E-state index contributed by atoms with van der Waals surface area (Å²) in [6, 6.07) is 2.58. The van der Waals surface area contributed by atoms with Gasteiger partial charge in [-0.15, -0.1) is 0 Å². The molecule has 0 amide bonds. The van der Waals surface area contributed by atoms with Gasteiger partial charge >= 0.3 is 0 Å². The van der Waals surface area contributed by atoms with Crippen LogP contribution < -0.4 is 5.32 Å². The van der Waals surface area contributed by atoms with Gasteiger partial charge in [0.15, 0.2) is 0 Å². The minimum absolute atomic E-state index is 0.621. The van der Waals surface area contributed by atoms with E-state index in [1.54, 1.807) is 0 Å². The molecule has 1 heterocycles. The molecule has 0 aromatic carbocycles. The van der Waals surface area contributed by atoms with Gasteiger partial charge in [0.2, 0.25) is 0 Å². The van der Waals surface area contributed by atoms with E-state index >= 15 is 0 Å². The Kier molecular flexibility index (Phi) is 3.13. The summed E-state index contributed by atoms with van der Waals surface area (Å²) in [6.07, 6.45) is 0. The normalized spacial score (nSPS) is 44.8. The zero-order valence-electron chi connectivity index (χ0n) is 8.96. The van der Waals surface area contributed by atoms with Crippen molar-refractivity contribution < 1.29 is 0 Å². The van der Waals surface area contributed by atoms with E-state index in [1.807, 2.05) is 0 Å². The molecular formula is C10H22N2. The van der Waals surface area contributed by atoms with Gasteiger partial charge in [-0.25, -0.2) is 0 Å². The number of piperazine rings is 1. The van der Waals surface area contributed by atoms with E-state index in [0.717, 1.165) is 0 Å². The molecule has 1 aliphatic heterocycles. The molecule has 1 aliphatic rings. The largest absolute Gasteiger partial charge is 0.309 e. The Balaban J connectivity index is 2.67. The highest BCUT2D eigenvalue weighted by Crippen LogP contribution is 2.17. The lowest BCUT2D eigenvalue weighted by atomic mass is 9.98. The fourth-order valence-electron chi connectivity index (χ4n) is 2.21. The van der Waals surface area contributed by atoms with Crippen LogP contribution in [0.15, 0.2) is 0 Å². The number of rotatable bonds is 1. The summed E-state index contributed by atoms with van der Waals surface area (Å²) >= 11 is 0. The van der Waals surface area contributed by atoms with Crippen LogP contribution in [0.2, 0.25) is 0 Å². The van der Waals surface area contributed by atoms with Crippen LogP contribution in [-0.4, -0.2) is 35.6 Å². The van der Waals surface area contributed by atoms with Gasteiger partial charge in [0.05, 0.1) is 0 Å². The van der Waals surface area contributed by atoms with Crippen LogP contribution in [0.3, 0.4) is 0 Å². The zero-order chi connectivity index (χ0) is 9.30. The maximum Gasteiger partial charge on any atom is 0.0221 e. The van der Waals surface area contributed by atoms with Crippen LogP contribution in [0.4, 0.5) is 0 Å². The fourth-order valence-corrected chi connectivity index (χ4v) is 2.21. The second kappa shape index (κ2) is 3.75. The first-order chi connectivity index (χ1) is 5.57. The van der Waals surface area contributed by atoms with E-state index in [9.17, 15) is 0 Å². The van der Waals surface area contributed by atoms with Crippen LogP contribution in [0.25, 0.3) is 0 Å². The standard InChI is InChI=1S/C10H22N2/c1-6-12-9(4)7(2)11-8(3)10(12)5/h7-11H,6H2,1-5H3. The maximum absolute atomic E-state index is 3.60. The molecule has 2 heteroatoms. The van der Waals surface area contributed by atoms with Gasteiger partial charge in [-0.2, -0.15) is 0 Å². The van der Waals surface area contributed by atoms with Crippen LogP contribution in [-0.2, 0) is 0 Å². The lowest BCUT2D eigenvalue weighted by Gasteiger charge is -2.46. The van der Waals surface area contributed by atoms with E-state index in [0.29, 0.717) is 24.2 Å². The molecule has 0 bridgehead atoms. The molecule has 2 nitrogen and oxygen atoms in total. The predicted octanol–water partition coefficient (Wildman–Crippen LogP) is 1.47. The molecule has 0 saturated carbocycles. The molecule has 1 N–H and O–H groups in total. The average Bonchev–Trinajstić information content (AvgIpc) is 2.02. The summed E-state index contributed by atoms with van der Waals surface area (Å²) in [5, 5.41) is 3.60. The van der Waals surface area contributed by atoms with Crippen molar-refractivity contribution in [3.05, 3.63) is 0 Å². The first-order valence-electron chi connectivity index (χ1n) is 5.09. The first-order valence-corrected chi connectivity index (χ1v) is 5.09. The lowest BCUT2D eigenvalue weighted by Crippen LogP contribution is -2.63. The second-order valence-corrected chi connectivity index (χ2v) is 4.06. The Hall–Kier alpha value is -0.0800. The maximum atomic E-state index is 3.60. The average molecular weight is 170 g/mol. The second-order valence-electron chi connectivity index (χ2n) is 4.06. The SMILES string of the molecule is CCN1C(C)C(C)NC(C)C1C. The molecule has 1 rings (SSSR count). The van der Waals surface area contributed by atoms with Gasteiger partial charge in [-0.1, -0.05) is 6.92 Å². The molecule has 1 fully saturated rings. The Bertz CT molecular complexity index is 133. The minimum Gasteiger partial charge on any atom is -0.309 e. The van der Waals surface area contributed by atoms with E-state index in [1.165, 1.54) is 6.54 Å². The fraction of sp³-hybridized carbons (Fsp3) is 1.00. The number of hydrogen-bond acceptors (Lipinski definition) is 2. The van der Waals surface area contributed by atoms with Crippen molar-refractivity contribution in [2.45, 2.75) is 58.8 Å².